The molecule has 1 aliphatic rings. The van der Waals surface area contributed by atoms with Gasteiger partial charge in [-0.1, -0.05) is 44.0 Å². The van der Waals surface area contributed by atoms with Crippen molar-refractivity contribution in [3.63, 3.8) is 0 Å². The molecule has 1 aliphatic carbocycles. The lowest BCUT2D eigenvalue weighted by molar-refractivity contribution is -0.140. The summed E-state index contributed by atoms with van der Waals surface area (Å²) in [5, 5.41) is 12.5. The summed E-state index contributed by atoms with van der Waals surface area (Å²) >= 11 is 0. The van der Waals surface area contributed by atoms with Gasteiger partial charge in [-0.05, 0) is 43.2 Å². The van der Waals surface area contributed by atoms with E-state index in [9.17, 15) is 9.90 Å². The van der Waals surface area contributed by atoms with Crippen LogP contribution >= 0.6 is 0 Å². The number of carboxylic acid groups (broad SMARTS) is 1. The first kappa shape index (κ1) is 15.0. The molecule has 0 amide bonds. The maximum absolute atomic E-state index is 11.2. The SMILES string of the molecule is CCCC[C@H](NC1CC(c2ccccc2C)C1)C(=O)O. The Morgan fingerprint density at radius 1 is 1.40 bits per heavy atom. The van der Waals surface area contributed by atoms with Crippen molar-refractivity contribution in [3.05, 3.63) is 35.4 Å². The molecule has 0 aromatic heterocycles. The van der Waals surface area contributed by atoms with Crippen LogP contribution in [0.4, 0.5) is 0 Å². The van der Waals surface area contributed by atoms with Gasteiger partial charge in [-0.2, -0.15) is 0 Å². The summed E-state index contributed by atoms with van der Waals surface area (Å²) in [4.78, 5) is 11.2. The molecule has 0 spiro atoms. The third-order valence-electron chi connectivity index (χ3n) is 4.35. The predicted molar refractivity (Wildman–Crippen MR) is 81.0 cm³/mol. The topological polar surface area (TPSA) is 49.3 Å². The minimum Gasteiger partial charge on any atom is -0.480 e. The van der Waals surface area contributed by atoms with Gasteiger partial charge in [0.25, 0.3) is 0 Å². The molecule has 3 heteroatoms. The number of unbranched alkanes of at least 4 members (excludes halogenated alkanes) is 1. The standard InChI is InChI=1S/C17H25NO2/c1-3-4-9-16(17(19)20)18-14-10-13(11-14)15-8-6-5-7-12(15)2/h5-8,13-14,16,18H,3-4,9-11H2,1-2H3,(H,19,20)/t13?,14?,16-/m0/s1. The third-order valence-corrected chi connectivity index (χ3v) is 4.35. The van der Waals surface area contributed by atoms with E-state index in [4.69, 9.17) is 0 Å². The first-order valence-corrected chi connectivity index (χ1v) is 7.66. The van der Waals surface area contributed by atoms with Crippen molar-refractivity contribution in [3.8, 4) is 0 Å². The summed E-state index contributed by atoms with van der Waals surface area (Å²) < 4.78 is 0. The third kappa shape index (κ3) is 3.60. The Bertz CT molecular complexity index is 452. The first-order chi connectivity index (χ1) is 9.61. The average Bonchev–Trinajstić information content (AvgIpc) is 2.37. The number of aryl methyl sites for hydroxylation is 1. The summed E-state index contributed by atoms with van der Waals surface area (Å²) in [7, 11) is 0. The summed E-state index contributed by atoms with van der Waals surface area (Å²) in [6, 6.07) is 8.48. The minimum atomic E-state index is -0.710. The Balaban J connectivity index is 1.84. The summed E-state index contributed by atoms with van der Waals surface area (Å²) in [5.74, 6) is -0.118. The molecule has 2 N–H and O–H groups in total. The number of hydrogen-bond donors (Lipinski definition) is 2. The number of carbonyl (C=O) groups is 1. The molecule has 0 saturated heterocycles. The van der Waals surface area contributed by atoms with Gasteiger partial charge >= 0.3 is 5.97 Å². The number of hydrogen-bond acceptors (Lipinski definition) is 2. The fraction of sp³-hybridized carbons (Fsp3) is 0.588. The normalized spacial score (nSPS) is 23.1. The maximum atomic E-state index is 11.2. The van der Waals surface area contributed by atoms with Crippen LogP contribution in [-0.4, -0.2) is 23.2 Å². The number of carboxylic acids is 1. The summed E-state index contributed by atoms with van der Waals surface area (Å²) in [5.41, 5.74) is 2.77. The smallest absolute Gasteiger partial charge is 0.320 e. The highest BCUT2D eigenvalue weighted by Crippen LogP contribution is 2.38. The monoisotopic (exact) mass is 275 g/mol. The van der Waals surface area contributed by atoms with E-state index in [0.717, 1.165) is 32.1 Å². The van der Waals surface area contributed by atoms with Gasteiger partial charge < -0.3 is 10.4 Å². The predicted octanol–water partition coefficient (Wildman–Crippen LogP) is 3.47. The molecule has 0 unspecified atom stereocenters. The second-order valence-corrected chi connectivity index (χ2v) is 5.92. The van der Waals surface area contributed by atoms with Crippen LogP contribution in [0.15, 0.2) is 24.3 Å². The number of benzene rings is 1. The number of nitrogens with one attached hydrogen (secondary N) is 1. The van der Waals surface area contributed by atoms with E-state index in [0.29, 0.717) is 12.0 Å². The van der Waals surface area contributed by atoms with Crippen LogP contribution in [0.3, 0.4) is 0 Å². The lowest BCUT2D eigenvalue weighted by Crippen LogP contribution is -2.48. The van der Waals surface area contributed by atoms with Crippen LogP contribution in [0.5, 0.6) is 0 Å². The molecular formula is C17H25NO2. The molecule has 0 bridgehead atoms. The molecule has 3 nitrogen and oxygen atoms in total. The Morgan fingerprint density at radius 2 is 2.10 bits per heavy atom. The van der Waals surface area contributed by atoms with Crippen molar-refractivity contribution < 1.29 is 9.90 Å². The molecule has 1 aromatic carbocycles. The number of rotatable bonds is 7. The molecule has 1 saturated carbocycles. The van der Waals surface area contributed by atoms with Crippen LogP contribution in [0, 0.1) is 6.92 Å². The van der Waals surface area contributed by atoms with E-state index >= 15 is 0 Å². The average molecular weight is 275 g/mol. The van der Waals surface area contributed by atoms with Crippen molar-refractivity contribution >= 4 is 5.97 Å². The van der Waals surface area contributed by atoms with E-state index < -0.39 is 5.97 Å². The lowest BCUT2D eigenvalue weighted by Gasteiger charge is -2.38. The van der Waals surface area contributed by atoms with Crippen molar-refractivity contribution in [2.75, 3.05) is 0 Å². The van der Waals surface area contributed by atoms with Gasteiger partial charge in [-0.25, -0.2) is 0 Å². The van der Waals surface area contributed by atoms with Crippen LogP contribution in [0.1, 0.15) is 56.1 Å². The van der Waals surface area contributed by atoms with Gasteiger partial charge in [0.05, 0.1) is 0 Å². The molecule has 0 aliphatic heterocycles. The zero-order valence-electron chi connectivity index (χ0n) is 12.4. The highest BCUT2D eigenvalue weighted by atomic mass is 16.4. The van der Waals surface area contributed by atoms with Crippen molar-refractivity contribution in [2.24, 2.45) is 0 Å². The Morgan fingerprint density at radius 3 is 2.70 bits per heavy atom. The zero-order chi connectivity index (χ0) is 14.5. The van der Waals surface area contributed by atoms with E-state index in [1.807, 2.05) is 0 Å². The van der Waals surface area contributed by atoms with Gasteiger partial charge in [-0.15, -0.1) is 0 Å². The van der Waals surface area contributed by atoms with E-state index in [2.05, 4.69) is 43.4 Å². The van der Waals surface area contributed by atoms with Gasteiger partial charge in [0, 0.05) is 6.04 Å². The molecule has 1 atom stereocenters. The molecule has 20 heavy (non-hydrogen) atoms. The lowest BCUT2D eigenvalue weighted by atomic mass is 9.74. The first-order valence-electron chi connectivity index (χ1n) is 7.66. The van der Waals surface area contributed by atoms with Crippen LogP contribution in [-0.2, 0) is 4.79 Å². The fourth-order valence-electron chi connectivity index (χ4n) is 3.02. The van der Waals surface area contributed by atoms with Crippen LogP contribution in [0.25, 0.3) is 0 Å². The second kappa shape index (κ2) is 6.89. The van der Waals surface area contributed by atoms with Gasteiger partial charge in [0.1, 0.15) is 6.04 Å². The van der Waals surface area contributed by atoms with E-state index in [1.54, 1.807) is 0 Å². The highest BCUT2D eigenvalue weighted by Gasteiger charge is 2.33. The minimum absolute atomic E-state index is 0.359. The molecule has 2 rings (SSSR count). The molecule has 0 radical (unpaired) electrons. The molecule has 1 aromatic rings. The van der Waals surface area contributed by atoms with Crippen molar-refractivity contribution in [1.29, 1.82) is 0 Å². The van der Waals surface area contributed by atoms with Crippen LogP contribution < -0.4 is 5.32 Å². The summed E-state index contributed by atoms with van der Waals surface area (Å²) in [6.45, 7) is 4.24. The molecule has 0 heterocycles. The fourth-order valence-corrected chi connectivity index (χ4v) is 3.02. The van der Waals surface area contributed by atoms with Gasteiger partial charge in [0.2, 0.25) is 0 Å². The summed E-state index contributed by atoms with van der Waals surface area (Å²) in [6.07, 6.45) is 4.86. The quantitative estimate of drug-likeness (QED) is 0.801. The van der Waals surface area contributed by atoms with Crippen molar-refractivity contribution in [2.45, 2.75) is 64.0 Å². The van der Waals surface area contributed by atoms with Gasteiger partial charge in [-0.3, -0.25) is 4.79 Å². The maximum Gasteiger partial charge on any atom is 0.320 e. The molecule has 110 valence electrons. The second-order valence-electron chi connectivity index (χ2n) is 5.92. The van der Waals surface area contributed by atoms with Crippen LogP contribution in [0.2, 0.25) is 0 Å². The van der Waals surface area contributed by atoms with E-state index in [1.165, 1.54) is 11.1 Å². The van der Waals surface area contributed by atoms with E-state index in [-0.39, 0.29) is 6.04 Å². The highest BCUT2D eigenvalue weighted by molar-refractivity contribution is 5.73. The Hall–Kier alpha value is -1.35. The molecule has 1 fully saturated rings. The zero-order valence-corrected chi connectivity index (χ0v) is 12.4. The largest absolute Gasteiger partial charge is 0.480 e. The Labute approximate surface area is 121 Å². The van der Waals surface area contributed by atoms with Gasteiger partial charge in [0.15, 0.2) is 0 Å². The van der Waals surface area contributed by atoms with Crippen molar-refractivity contribution in [1.82, 2.24) is 5.32 Å². The molecular weight excluding hydrogens is 250 g/mol. The number of aliphatic carboxylic acids is 1. The Kier molecular flexibility index (Phi) is 5.18.